The standard InChI is InChI=1S/C17H26NOS/c1-6-11-18(20)17(5,7-2)14-10-8-9-13-12-16(3,4)19-15(13)14/h8-10H,6-7,11-12H2,1-5H3. The molecule has 111 valence electrons. The lowest BCUT2D eigenvalue weighted by Crippen LogP contribution is -2.38. The molecule has 1 aromatic rings. The van der Waals surface area contributed by atoms with E-state index < -0.39 is 0 Å². The molecule has 2 nitrogen and oxygen atoms in total. The van der Waals surface area contributed by atoms with Crippen LogP contribution < -0.4 is 4.74 Å². The van der Waals surface area contributed by atoms with Crippen molar-refractivity contribution in [2.45, 2.75) is 65.0 Å². The van der Waals surface area contributed by atoms with Crippen LogP contribution in [-0.2, 0) is 12.0 Å². The van der Waals surface area contributed by atoms with Crippen molar-refractivity contribution in [3.05, 3.63) is 29.3 Å². The Bertz CT molecular complexity index is 486. The Kier molecular flexibility index (Phi) is 4.41. The Morgan fingerprint density at radius 1 is 1.35 bits per heavy atom. The summed E-state index contributed by atoms with van der Waals surface area (Å²) in [6, 6.07) is 6.50. The lowest BCUT2D eigenvalue weighted by molar-refractivity contribution is 0.129. The fourth-order valence-corrected chi connectivity index (χ4v) is 3.40. The van der Waals surface area contributed by atoms with Crippen molar-refractivity contribution in [1.29, 1.82) is 0 Å². The third-order valence-electron chi connectivity index (χ3n) is 4.34. The van der Waals surface area contributed by atoms with Crippen LogP contribution in [0.25, 0.3) is 0 Å². The molecule has 20 heavy (non-hydrogen) atoms. The van der Waals surface area contributed by atoms with E-state index in [1.807, 2.05) is 0 Å². The molecule has 1 aliphatic rings. The van der Waals surface area contributed by atoms with Gasteiger partial charge in [0.2, 0.25) is 0 Å². The van der Waals surface area contributed by atoms with Gasteiger partial charge >= 0.3 is 0 Å². The van der Waals surface area contributed by atoms with Gasteiger partial charge in [-0.2, -0.15) is 0 Å². The normalized spacial score (nSPS) is 19.6. The molecule has 3 heteroatoms. The second-order valence-corrected chi connectivity index (χ2v) is 7.00. The summed E-state index contributed by atoms with van der Waals surface area (Å²) in [4.78, 5) is 0. The van der Waals surface area contributed by atoms with E-state index in [9.17, 15) is 0 Å². The van der Waals surface area contributed by atoms with E-state index in [-0.39, 0.29) is 11.1 Å². The highest BCUT2D eigenvalue weighted by Gasteiger charge is 2.39. The van der Waals surface area contributed by atoms with Gasteiger partial charge in [-0.3, -0.25) is 0 Å². The van der Waals surface area contributed by atoms with Gasteiger partial charge in [0.1, 0.15) is 11.4 Å². The lowest BCUT2D eigenvalue weighted by Gasteiger charge is -2.38. The van der Waals surface area contributed by atoms with Gasteiger partial charge in [-0.05, 0) is 39.2 Å². The Morgan fingerprint density at radius 3 is 2.65 bits per heavy atom. The SMILES string of the molecule is CCCN([S])C(C)(CC)c1cccc2c1OC(C)(C)C2. The first kappa shape index (κ1) is 15.7. The van der Waals surface area contributed by atoms with Crippen molar-refractivity contribution in [3.8, 4) is 5.75 Å². The van der Waals surface area contributed by atoms with E-state index in [1.165, 1.54) is 11.1 Å². The second kappa shape index (κ2) is 5.61. The van der Waals surface area contributed by atoms with Gasteiger partial charge in [0.05, 0.1) is 5.54 Å². The number of nitrogens with zero attached hydrogens (tertiary/aromatic N) is 1. The molecule has 0 spiro atoms. The van der Waals surface area contributed by atoms with Gasteiger partial charge in [0, 0.05) is 31.3 Å². The summed E-state index contributed by atoms with van der Waals surface area (Å²) < 4.78 is 8.28. The predicted octanol–water partition coefficient (Wildman–Crippen LogP) is 4.85. The Balaban J connectivity index is 2.45. The molecule has 2 rings (SSSR count). The maximum atomic E-state index is 6.23. The van der Waals surface area contributed by atoms with Crippen LogP contribution in [0.1, 0.15) is 58.6 Å². The van der Waals surface area contributed by atoms with Crippen molar-refractivity contribution in [2.75, 3.05) is 6.54 Å². The zero-order valence-corrected chi connectivity index (χ0v) is 14.1. The van der Waals surface area contributed by atoms with Crippen molar-refractivity contribution >= 4 is 12.8 Å². The first-order valence-corrected chi connectivity index (χ1v) is 7.96. The number of para-hydroxylation sites is 1. The van der Waals surface area contributed by atoms with Crippen LogP contribution in [0.2, 0.25) is 0 Å². The van der Waals surface area contributed by atoms with Crippen molar-refractivity contribution in [3.63, 3.8) is 0 Å². The van der Waals surface area contributed by atoms with Crippen LogP contribution in [0.5, 0.6) is 5.75 Å². The molecule has 1 radical (unpaired) electrons. The first-order valence-electron chi connectivity index (χ1n) is 7.60. The summed E-state index contributed by atoms with van der Waals surface area (Å²) in [7, 11) is 0. The minimum Gasteiger partial charge on any atom is -0.487 e. The van der Waals surface area contributed by atoms with Gasteiger partial charge in [0.25, 0.3) is 0 Å². The molecule has 1 heterocycles. The summed E-state index contributed by atoms with van der Waals surface area (Å²) in [5.41, 5.74) is 2.31. The number of hydrogen-bond donors (Lipinski definition) is 0. The van der Waals surface area contributed by atoms with E-state index in [0.717, 1.165) is 31.6 Å². The minimum atomic E-state index is -0.142. The highest BCUT2D eigenvalue weighted by molar-refractivity contribution is 7.77. The average Bonchev–Trinajstić information content (AvgIpc) is 2.71. The van der Waals surface area contributed by atoms with E-state index in [0.29, 0.717) is 0 Å². The topological polar surface area (TPSA) is 12.5 Å². The molecule has 0 amide bonds. The lowest BCUT2D eigenvalue weighted by atomic mass is 9.86. The van der Waals surface area contributed by atoms with E-state index in [4.69, 9.17) is 17.6 Å². The summed E-state index contributed by atoms with van der Waals surface area (Å²) >= 11 is 5.66. The number of rotatable bonds is 5. The maximum Gasteiger partial charge on any atom is 0.128 e. The fraction of sp³-hybridized carbons (Fsp3) is 0.647. The first-order chi connectivity index (χ1) is 9.34. The average molecular weight is 292 g/mol. The molecule has 0 saturated heterocycles. The van der Waals surface area contributed by atoms with E-state index in [2.05, 4.69) is 57.1 Å². The van der Waals surface area contributed by atoms with Crippen molar-refractivity contribution in [1.82, 2.24) is 4.31 Å². The Labute approximate surface area is 129 Å². The molecule has 0 aromatic heterocycles. The number of hydrogen-bond acceptors (Lipinski definition) is 2. The van der Waals surface area contributed by atoms with Crippen LogP contribution in [0.4, 0.5) is 0 Å². The molecular weight excluding hydrogens is 266 g/mol. The molecule has 0 aliphatic carbocycles. The molecule has 0 fully saturated rings. The quantitative estimate of drug-likeness (QED) is 0.769. The molecule has 1 atom stereocenters. The minimum absolute atomic E-state index is 0.107. The predicted molar refractivity (Wildman–Crippen MR) is 87.1 cm³/mol. The molecule has 0 N–H and O–H groups in total. The van der Waals surface area contributed by atoms with Crippen LogP contribution in [-0.4, -0.2) is 16.5 Å². The molecule has 0 saturated carbocycles. The third kappa shape index (κ3) is 2.71. The molecule has 1 aromatic carbocycles. The monoisotopic (exact) mass is 292 g/mol. The summed E-state index contributed by atoms with van der Waals surface area (Å²) in [5, 5.41) is 0. The van der Waals surface area contributed by atoms with Gasteiger partial charge in [0.15, 0.2) is 0 Å². The van der Waals surface area contributed by atoms with E-state index >= 15 is 0 Å². The van der Waals surface area contributed by atoms with E-state index in [1.54, 1.807) is 0 Å². The highest BCUT2D eigenvalue weighted by Crippen LogP contribution is 2.45. The Hall–Kier alpha value is -0.670. The summed E-state index contributed by atoms with van der Waals surface area (Å²) in [6.45, 7) is 11.8. The summed E-state index contributed by atoms with van der Waals surface area (Å²) in [5.74, 6) is 1.06. The van der Waals surface area contributed by atoms with Gasteiger partial charge < -0.3 is 4.74 Å². The fourth-order valence-electron chi connectivity index (χ4n) is 2.99. The number of ether oxygens (including phenoxy) is 1. The van der Waals surface area contributed by atoms with Crippen molar-refractivity contribution < 1.29 is 4.74 Å². The second-order valence-electron chi connectivity index (χ2n) is 6.56. The van der Waals surface area contributed by atoms with Gasteiger partial charge in [-0.25, -0.2) is 4.31 Å². The largest absolute Gasteiger partial charge is 0.487 e. The van der Waals surface area contributed by atoms with Crippen molar-refractivity contribution in [2.24, 2.45) is 0 Å². The number of benzene rings is 1. The molecule has 0 bridgehead atoms. The smallest absolute Gasteiger partial charge is 0.128 e. The molecule has 1 aliphatic heterocycles. The third-order valence-corrected chi connectivity index (χ3v) is 4.92. The Morgan fingerprint density at radius 2 is 2.05 bits per heavy atom. The maximum absolute atomic E-state index is 6.23. The molecule has 1 unspecified atom stereocenters. The van der Waals surface area contributed by atoms with Gasteiger partial charge in [-0.15, -0.1) is 0 Å². The van der Waals surface area contributed by atoms with Gasteiger partial charge in [-0.1, -0.05) is 32.0 Å². The van der Waals surface area contributed by atoms with Crippen LogP contribution in [0, 0.1) is 0 Å². The zero-order chi connectivity index (χ0) is 15.0. The van der Waals surface area contributed by atoms with Crippen LogP contribution in [0.15, 0.2) is 18.2 Å². The zero-order valence-electron chi connectivity index (χ0n) is 13.3. The highest BCUT2D eigenvalue weighted by atomic mass is 32.1. The summed E-state index contributed by atoms with van der Waals surface area (Å²) in [6.07, 6.45) is 3.03. The number of fused-ring (bicyclic) bond motifs is 1. The molecular formula is C17H26NOS. The van der Waals surface area contributed by atoms with Crippen LogP contribution >= 0.6 is 12.8 Å². The van der Waals surface area contributed by atoms with Crippen LogP contribution in [0.3, 0.4) is 0 Å².